The zero-order valence-electron chi connectivity index (χ0n) is 17.5. The number of fused-ring (bicyclic) bond motifs is 3. The second kappa shape index (κ2) is 7.75. The van der Waals surface area contributed by atoms with E-state index in [0.29, 0.717) is 0 Å². The van der Waals surface area contributed by atoms with Crippen molar-refractivity contribution in [2.75, 3.05) is 5.32 Å². The van der Waals surface area contributed by atoms with E-state index in [-0.39, 0.29) is 0 Å². The Bertz CT molecular complexity index is 1530. The molecule has 0 aliphatic carbocycles. The SMILES string of the molecule is c1ccc(-c2ccc(Nc3cccc4oc5ccccc5c34)c(-c3ccccc3)c2)cc1. The molecule has 1 heterocycles. The van der Waals surface area contributed by atoms with Gasteiger partial charge in [0.05, 0.1) is 11.1 Å². The largest absolute Gasteiger partial charge is 0.456 e. The zero-order valence-corrected chi connectivity index (χ0v) is 17.5. The molecule has 32 heavy (non-hydrogen) atoms. The maximum Gasteiger partial charge on any atom is 0.137 e. The molecule has 2 heteroatoms. The number of hydrogen-bond donors (Lipinski definition) is 1. The van der Waals surface area contributed by atoms with Gasteiger partial charge in [0.25, 0.3) is 0 Å². The minimum Gasteiger partial charge on any atom is -0.456 e. The minimum atomic E-state index is 0.887. The van der Waals surface area contributed by atoms with Crippen LogP contribution in [0.1, 0.15) is 0 Å². The maximum absolute atomic E-state index is 6.08. The van der Waals surface area contributed by atoms with Gasteiger partial charge in [-0.2, -0.15) is 0 Å². The Hall–Kier alpha value is -4.30. The van der Waals surface area contributed by atoms with Crippen LogP contribution < -0.4 is 5.32 Å². The molecule has 0 amide bonds. The summed E-state index contributed by atoms with van der Waals surface area (Å²) in [5, 5.41) is 5.94. The van der Waals surface area contributed by atoms with E-state index in [0.717, 1.165) is 38.9 Å². The van der Waals surface area contributed by atoms with Crippen LogP contribution in [0.4, 0.5) is 11.4 Å². The highest BCUT2D eigenvalue weighted by molar-refractivity contribution is 6.12. The summed E-state index contributed by atoms with van der Waals surface area (Å²) < 4.78 is 6.08. The average Bonchev–Trinajstić information content (AvgIpc) is 3.25. The van der Waals surface area contributed by atoms with Crippen molar-refractivity contribution in [2.24, 2.45) is 0 Å². The molecule has 0 atom stereocenters. The molecule has 0 saturated heterocycles. The topological polar surface area (TPSA) is 25.2 Å². The van der Waals surface area contributed by atoms with E-state index in [2.05, 4.69) is 96.3 Å². The molecule has 0 unspecified atom stereocenters. The Kier molecular flexibility index (Phi) is 4.47. The van der Waals surface area contributed by atoms with Crippen LogP contribution in [0.15, 0.2) is 126 Å². The van der Waals surface area contributed by atoms with Gasteiger partial charge in [0.2, 0.25) is 0 Å². The van der Waals surface area contributed by atoms with Gasteiger partial charge in [-0.15, -0.1) is 0 Å². The van der Waals surface area contributed by atoms with Crippen molar-refractivity contribution in [3.05, 3.63) is 121 Å². The quantitative estimate of drug-likeness (QED) is 0.314. The average molecular weight is 412 g/mol. The summed E-state index contributed by atoms with van der Waals surface area (Å²) in [5.41, 5.74) is 8.64. The first-order valence-electron chi connectivity index (χ1n) is 10.8. The van der Waals surface area contributed by atoms with Gasteiger partial charge in [-0.05, 0) is 47.0 Å². The van der Waals surface area contributed by atoms with Gasteiger partial charge >= 0.3 is 0 Å². The number of para-hydroxylation sites is 1. The highest BCUT2D eigenvalue weighted by Gasteiger charge is 2.13. The number of furan rings is 1. The molecule has 0 aliphatic rings. The predicted octanol–water partition coefficient (Wildman–Crippen LogP) is 8.66. The Balaban J connectivity index is 1.52. The first-order chi connectivity index (χ1) is 15.9. The lowest BCUT2D eigenvalue weighted by Crippen LogP contribution is -1.95. The van der Waals surface area contributed by atoms with Crippen LogP contribution in [0.5, 0.6) is 0 Å². The van der Waals surface area contributed by atoms with Gasteiger partial charge in [0.15, 0.2) is 0 Å². The first kappa shape index (κ1) is 18.5. The Morgan fingerprint density at radius 3 is 1.97 bits per heavy atom. The summed E-state index contributed by atoms with van der Waals surface area (Å²) in [4.78, 5) is 0. The predicted molar refractivity (Wildman–Crippen MR) is 134 cm³/mol. The fraction of sp³-hybridized carbons (Fsp3) is 0. The van der Waals surface area contributed by atoms with Crippen molar-refractivity contribution >= 4 is 33.3 Å². The second-order valence-corrected chi connectivity index (χ2v) is 7.89. The van der Waals surface area contributed by atoms with Gasteiger partial charge in [-0.25, -0.2) is 0 Å². The molecule has 6 aromatic rings. The first-order valence-corrected chi connectivity index (χ1v) is 10.8. The molecule has 0 aliphatic heterocycles. The van der Waals surface area contributed by atoms with Crippen LogP contribution in [-0.2, 0) is 0 Å². The second-order valence-electron chi connectivity index (χ2n) is 7.89. The number of benzene rings is 5. The summed E-state index contributed by atoms with van der Waals surface area (Å²) in [5.74, 6) is 0. The lowest BCUT2D eigenvalue weighted by molar-refractivity contribution is 0.669. The molecule has 2 nitrogen and oxygen atoms in total. The van der Waals surface area contributed by atoms with E-state index in [1.807, 2.05) is 30.3 Å². The van der Waals surface area contributed by atoms with Crippen molar-refractivity contribution < 1.29 is 4.42 Å². The summed E-state index contributed by atoms with van der Waals surface area (Å²) in [6.45, 7) is 0. The lowest BCUT2D eigenvalue weighted by Gasteiger charge is -2.15. The summed E-state index contributed by atoms with van der Waals surface area (Å²) in [7, 11) is 0. The highest BCUT2D eigenvalue weighted by Crippen LogP contribution is 2.39. The van der Waals surface area contributed by atoms with Crippen LogP contribution >= 0.6 is 0 Å². The summed E-state index contributed by atoms with van der Waals surface area (Å²) in [6, 6.07) is 42.0. The Morgan fingerprint density at radius 2 is 1.16 bits per heavy atom. The van der Waals surface area contributed by atoms with Crippen molar-refractivity contribution in [1.82, 2.24) is 0 Å². The molecule has 5 aromatic carbocycles. The van der Waals surface area contributed by atoms with Crippen molar-refractivity contribution in [1.29, 1.82) is 0 Å². The van der Waals surface area contributed by atoms with Gasteiger partial charge < -0.3 is 9.73 Å². The third-order valence-electron chi connectivity index (χ3n) is 5.88. The molecule has 0 fully saturated rings. The van der Waals surface area contributed by atoms with E-state index in [9.17, 15) is 0 Å². The number of rotatable bonds is 4. The van der Waals surface area contributed by atoms with E-state index in [1.165, 1.54) is 16.7 Å². The summed E-state index contributed by atoms with van der Waals surface area (Å²) >= 11 is 0. The molecule has 0 saturated carbocycles. The zero-order chi connectivity index (χ0) is 21.3. The van der Waals surface area contributed by atoms with Crippen molar-refractivity contribution in [2.45, 2.75) is 0 Å². The van der Waals surface area contributed by atoms with Crippen molar-refractivity contribution in [3.63, 3.8) is 0 Å². The molecular formula is C30H21NO. The molecule has 0 radical (unpaired) electrons. The summed E-state index contributed by atoms with van der Waals surface area (Å²) in [6.07, 6.45) is 0. The van der Waals surface area contributed by atoms with Crippen LogP contribution in [-0.4, -0.2) is 0 Å². The van der Waals surface area contributed by atoms with Gasteiger partial charge in [-0.3, -0.25) is 0 Å². The van der Waals surface area contributed by atoms with Crippen LogP contribution in [0.2, 0.25) is 0 Å². The molecule has 1 N–H and O–H groups in total. The number of hydrogen-bond acceptors (Lipinski definition) is 2. The molecule has 6 rings (SSSR count). The van der Waals surface area contributed by atoms with E-state index < -0.39 is 0 Å². The smallest absolute Gasteiger partial charge is 0.137 e. The third-order valence-corrected chi connectivity index (χ3v) is 5.88. The lowest BCUT2D eigenvalue weighted by atomic mass is 9.97. The van der Waals surface area contributed by atoms with Crippen LogP contribution in [0, 0.1) is 0 Å². The minimum absolute atomic E-state index is 0.887. The van der Waals surface area contributed by atoms with Crippen molar-refractivity contribution in [3.8, 4) is 22.3 Å². The fourth-order valence-electron chi connectivity index (χ4n) is 4.34. The molecule has 0 bridgehead atoms. The van der Waals surface area contributed by atoms with Gasteiger partial charge in [0, 0.05) is 16.6 Å². The monoisotopic (exact) mass is 411 g/mol. The fourth-order valence-corrected chi connectivity index (χ4v) is 4.34. The molecule has 0 spiro atoms. The van der Waals surface area contributed by atoms with Gasteiger partial charge in [0.1, 0.15) is 11.2 Å². The van der Waals surface area contributed by atoms with Crippen LogP contribution in [0.3, 0.4) is 0 Å². The number of nitrogens with one attached hydrogen (secondary N) is 1. The molecule has 152 valence electrons. The Labute approximate surface area is 186 Å². The molecular weight excluding hydrogens is 390 g/mol. The maximum atomic E-state index is 6.08. The van der Waals surface area contributed by atoms with Crippen LogP contribution in [0.25, 0.3) is 44.2 Å². The third kappa shape index (κ3) is 3.23. The van der Waals surface area contributed by atoms with E-state index >= 15 is 0 Å². The van der Waals surface area contributed by atoms with Gasteiger partial charge in [-0.1, -0.05) is 91.0 Å². The molecule has 1 aromatic heterocycles. The number of anilines is 2. The Morgan fingerprint density at radius 1 is 0.469 bits per heavy atom. The van der Waals surface area contributed by atoms with E-state index in [1.54, 1.807) is 0 Å². The van der Waals surface area contributed by atoms with E-state index in [4.69, 9.17) is 4.42 Å². The standard InChI is InChI=1S/C30H21NO/c1-3-10-21(11-4-1)23-18-19-26(25(20-23)22-12-5-2-6-13-22)31-27-15-9-17-29-30(27)24-14-7-8-16-28(24)32-29/h1-20,31H. The normalized spacial score (nSPS) is 11.1. The highest BCUT2D eigenvalue weighted by atomic mass is 16.3.